The quantitative estimate of drug-likeness (QED) is 0.116. The first kappa shape index (κ1) is 50.4. The third-order valence-corrected chi connectivity index (χ3v) is 11.5. The summed E-state index contributed by atoms with van der Waals surface area (Å²) < 4.78 is 16.3. The number of ether oxygens (including phenoxy) is 1. The highest BCUT2D eigenvalue weighted by Crippen LogP contribution is 2.33. The molecule has 1 N–H and O–H groups in total. The second kappa shape index (κ2) is 25.8. The third-order valence-electron chi connectivity index (χ3n) is 11.5. The number of carboxylic acids is 1. The molecule has 2 aromatic heterocycles. The van der Waals surface area contributed by atoms with Crippen molar-refractivity contribution in [2.24, 2.45) is 11.8 Å². The number of carbonyl (C=O) groups is 4. The van der Waals surface area contributed by atoms with Crippen molar-refractivity contribution in [2.75, 3.05) is 68.5 Å². The smallest absolute Gasteiger partial charge is 0.307 e. The average Bonchev–Trinajstić information content (AvgIpc) is 3.89. The highest BCUT2D eigenvalue weighted by molar-refractivity contribution is 5.90. The molecule has 4 rings (SSSR count). The molecule has 2 aliphatic carbocycles. The molecule has 60 heavy (non-hydrogen) atoms. The summed E-state index contributed by atoms with van der Waals surface area (Å²) in [5.74, 6) is -0.169. The highest BCUT2D eigenvalue weighted by Gasteiger charge is 2.29. The van der Waals surface area contributed by atoms with E-state index in [1.807, 2.05) is 58.8 Å². The van der Waals surface area contributed by atoms with E-state index in [-0.39, 0.29) is 60.0 Å². The first-order chi connectivity index (χ1) is 28.4. The van der Waals surface area contributed by atoms with Crippen LogP contribution in [0, 0.1) is 11.8 Å². The van der Waals surface area contributed by atoms with Crippen molar-refractivity contribution in [1.29, 1.82) is 0 Å². The van der Waals surface area contributed by atoms with Gasteiger partial charge >= 0.3 is 11.9 Å². The van der Waals surface area contributed by atoms with E-state index < -0.39 is 11.6 Å². The van der Waals surface area contributed by atoms with E-state index in [4.69, 9.17) is 13.8 Å². The van der Waals surface area contributed by atoms with Crippen molar-refractivity contribution < 1.29 is 38.1 Å². The number of hydrogen-bond acceptors (Lipinski definition) is 13. The van der Waals surface area contributed by atoms with Crippen LogP contribution in [0.5, 0.6) is 0 Å². The molecule has 0 spiro atoms. The Kier molecular flexibility index (Phi) is 21.7. The van der Waals surface area contributed by atoms with Gasteiger partial charge in [0, 0.05) is 52.1 Å². The lowest BCUT2D eigenvalue weighted by atomic mass is 9.84. The summed E-state index contributed by atoms with van der Waals surface area (Å²) in [4.78, 5) is 64.6. The molecule has 0 unspecified atom stereocenters. The number of nitrogens with zero attached hydrogens (tertiary/aromatic N) is 8. The number of aromatic nitrogens is 4. The zero-order chi connectivity index (χ0) is 44.2. The van der Waals surface area contributed by atoms with E-state index in [1.54, 1.807) is 23.9 Å². The summed E-state index contributed by atoms with van der Waals surface area (Å²) in [5.41, 5.74) is -0.547. The SMILES string of the molecule is CN(C)CCN(C)C(=O)c1noc([C@H](CCCC2CCCCC2)CC(=O)O)n1.CN(C)CCN(C)C(=O)c1noc([C@H](CCCC2CCCCC2)CC(=O)OC(C)(C)C)n1. The molecule has 2 aromatic rings. The Hall–Kier alpha value is -3.92. The number of rotatable bonds is 22. The Bertz CT molecular complexity index is 1580. The van der Waals surface area contributed by atoms with Gasteiger partial charge in [0.15, 0.2) is 0 Å². The van der Waals surface area contributed by atoms with Crippen LogP contribution in [0.1, 0.15) is 181 Å². The van der Waals surface area contributed by atoms with Crippen LogP contribution in [0.3, 0.4) is 0 Å². The zero-order valence-corrected chi connectivity index (χ0v) is 38.2. The molecule has 0 saturated heterocycles. The Morgan fingerprint density at radius 3 is 1.42 bits per heavy atom. The van der Waals surface area contributed by atoms with E-state index in [2.05, 4.69) is 20.3 Å². The molecule has 16 nitrogen and oxygen atoms in total. The number of likely N-dealkylation sites (N-methyl/N-ethyl adjacent to an activating group) is 4. The van der Waals surface area contributed by atoms with Crippen molar-refractivity contribution >= 4 is 23.8 Å². The van der Waals surface area contributed by atoms with Gasteiger partial charge in [0.05, 0.1) is 12.8 Å². The Balaban J connectivity index is 0.000000323. The van der Waals surface area contributed by atoms with Crippen LogP contribution in [0.15, 0.2) is 9.05 Å². The molecule has 2 amide bonds. The van der Waals surface area contributed by atoms with Gasteiger partial charge in [0.25, 0.3) is 23.5 Å². The lowest BCUT2D eigenvalue weighted by Crippen LogP contribution is -2.34. The number of esters is 1. The summed E-state index contributed by atoms with van der Waals surface area (Å²) in [6, 6.07) is 0. The minimum absolute atomic E-state index is 0.000995. The molecular weight excluding hydrogens is 769 g/mol. The number of hydrogen-bond donors (Lipinski definition) is 1. The summed E-state index contributed by atoms with van der Waals surface area (Å²) in [6.45, 7) is 8.17. The van der Waals surface area contributed by atoms with Gasteiger partial charge in [-0.3, -0.25) is 19.2 Å². The van der Waals surface area contributed by atoms with Crippen LogP contribution in [-0.4, -0.2) is 143 Å². The minimum Gasteiger partial charge on any atom is -0.481 e. The maximum absolute atomic E-state index is 12.7. The molecule has 2 heterocycles. The van der Waals surface area contributed by atoms with Gasteiger partial charge in [0.1, 0.15) is 5.60 Å². The van der Waals surface area contributed by atoms with Gasteiger partial charge in [0.2, 0.25) is 11.8 Å². The van der Waals surface area contributed by atoms with Crippen LogP contribution < -0.4 is 0 Å². The van der Waals surface area contributed by atoms with Crippen LogP contribution in [0.25, 0.3) is 0 Å². The monoisotopic (exact) mass is 845 g/mol. The van der Waals surface area contributed by atoms with Gasteiger partial charge < -0.3 is 38.5 Å². The Morgan fingerprint density at radius 2 is 1.05 bits per heavy atom. The van der Waals surface area contributed by atoms with Crippen LogP contribution in [0.2, 0.25) is 0 Å². The second-order valence-corrected chi connectivity index (χ2v) is 18.6. The van der Waals surface area contributed by atoms with Gasteiger partial charge in [-0.1, -0.05) is 100 Å². The van der Waals surface area contributed by atoms with Gasteiger partial charge in [-0.15, -0.1) is 0 Å². The molecule has 0 radical (unpaired) electrons. The maximum atomic E-state index is 12.7. The van der Waals surface area contributed by atoms with E-state index >= 15 is 0 Å². The summed E-state index contributed by atoms with van der Waals surface area (Å²) in [7, 11) is 11.2. The summed E-state index contributed by atoms with van der Waals surface area (Å²) in [6.07, 6.45) is 18.9. The first-order valence-electron chi connectivity index (χ1n) is 22.3. The lowest BCUT2D eigenvalue weighted by molar-refractivity contribution is -0.155. The predicted molar refractivity (Wildman–Crippen MR) is 229 cm³/mol. The molecular formula is C44H76N8O8. The predicted octanol–water partition coefficient (Wildman–Crippen LogP) is 7.28. The van der Waals surface area contributed by atoms with Gasteiger partial charge in [-0.2, -0.15) is 9.97 Å². The topological polar surface area (TPSA) is 189 Å². The van der Waals surface area contributed by atoms with E-state index in [0.29, 0.717) is 25.4 Å². The second-order valence-electron chi connectivity index (χ2n) is 18.6. The van der Waals surface area contributed by atoms with E-state index in [9.17, 15) is 24.3 Å². The fourth-order valence-electron chi connectivity index (χ4n) is 7.90. The van der Waals surface area contributed by atoms with Crippen molar-refractivity contribution in [2.45, 2.75) is 154 Å². The average molecular weight is 845 g/mol. The fourth-order valence-corrected chi connectivity index (χ4v) is 7.90. The molecule has 2 saturated carbocycles. The largest absolute Gasteiger partial charge is 0.481 e. The van der Waals surface area contributed by atoms with Crippen molar-refractivity contribution in [3.05, 3.63) is 23.4 Å². The summed E-state index contributed by atoms with van der Waals surface area (Å²) >= 11 is 0. The van der Waals surface area contributed by atoms with Gasteiger partial charge in [-0.05, 0) is 73.6 Å². The minimum atomic E-state index is -0.892. The fraction of sp³-hybridized carbons (Fsp3) is 0.818. The highest BCUT2D eigenvalue weighted by atomic mass is 16.6. The molecule has 2 fully saturated rings. The van der Waals surface area contributed by atoms with E-state index in [0.717, 1.165) is 57.0 Å². The first-order valence-corrected chi connectivity index (χ1v) is 22.3. The number of carbonyl (C=O) groups excluding carboxylic acids is 3. The number of carboxylic acid groups (broad SMARTS) is 1. The van der Waals surface area contributed by atoms with Crippen LogP contribution >= 0.6 is 0 Å². The summed E-state index contributed by atoms with van der Waals surface area (Å²) in [5, 5.41) is 17.0. The Labute approximate surface area is 358 Å². The molecule has 340 valence electrons. The zero-order valence-electron chi connectivity index (χ0n) is 38.2. The normalized spacial score (nSPS) is 16.2. The molecule has 2 aliphatic rings. The third kappa shape index (κ3) is 19.2. The van der Waals surface area contributed by atoms with Crippen molar-refractivity contribution in [1.82, 2.24) is 39.9 Å². The van der Waals surface area contributed by atoms with E-state index in [1.165, 1.54) is 64.2 Å². The maximum Gasteiger partial charge on any atom is 0.307 e. The lowest BCUT2D eigenvalue weighted by Gasteiger charge is -2.23. The van der Waals surface area contributed by atoms with Gasteiger partial charge in [-0.25, -0.2) is 0 Å². The molecule has 16 heteroatoms. The molecule has 2 atom stereocenters. The molecule has 0 aromatic carbocycles. The van der Waals surface area contributed by atoms with Crippen molar-refractivity contribution in [3.63, 3.8) is 0 Å². The number of aliphatic carboxylic acids is 1. The van der Waals surface area contributed by atoms with Crippen LogP contribution in [-0.2, 0) is 14.3 Å². The molecule has 0 aliphatic heterocycles. The van der Waals surface area contributed by atoms with Crippen LogP contribution in [0.4, 0.5) is 0 Å². The number of amides is 2. The van der Waals surface area contributed by atoms with Crippen molar-refractivity contribution in [3.8, 4) is 0 Å². The standard InChI is InChI=1S/C24H42N4O4.C20H34N4O4/c1-24(2,3)31-20(29)17-19(14-10-13-18-11-8-7-9-12-18)22-25-21(26-32-22)23(30)28(6)16-15-27(4)5;1-23(2)12-13-24(3)20(27)18-21-19(28-22-18)16(14-17(25)26)11-7-10-15-8-5-4-6-9-15/h18-19H,7-17H2,1-6H3;15-16H,4-14H2,1-3H3,(H,25,26)/t19-;16-/m11/s1. The molecule has 0 bridgehead atoms. The Morgan fingerprint density at radius 1 is 0.650 bits per heavy atom.